The van der Waals surface area contributed by atoms with E-state index in [2.05, 4.69) is 12.0 Å². The lowest BCUT2D eigenvalue weighted by molar-refractivity contribution is 0.148. The fourth-order valence-electron chi connectivity index (χ4n) is 1.33. The van der Waals surface area contributed by atoms with Gasteiger partial charge in [-0.3, -0.25) is 0 Å². The minimum atomic E-state index is 0.345. The van der Waals surface area contributed by atoms with Crippen molar-refractivity contribution < 1.29 is 4.74 Å². The Morgan fingerprint density at radius 3 is 3.36 bits per heavy atom. The van der Waals surface area contributed by atoms with Crippen LogP contribution in [0.2, 0.25) is 0 Å². The van der Waals surface area contributed by atoms with Crippen molar-refractivity contribution >= 4 is 0 Å². The van der Waals surface area contributed by atoms with Gasteiger partial charge in [-0.25, -0.2) is 4.68 Å². The summed E-state index contributed by atoms with van der Waals surface area (Å²) in [5, 5.41) is 4.18. The lowest BCUT2D eigenvalue weighted by Gasteiger charge is -2.21. The maximum Gasteiger partial charge on any atom is 0.214 e. The topological polar surface area (TPSA) is 27.1 Å². The molecule has 1 aliphatic heterocycles. The first-order valence-corrected chi connectivity index (χ1v) is 3.96. The van der Waals surface area contributed by atoms with Gasteiger partial charge in [0.15, 0.2) is 0 Å². The molecule has 2 heterocycles. The van der Waals surface area contributed by atoms with Crippen LogP contribution in [0.4, 0.5) is 0 Å². The average Bonchev–Trinajstić information content (AvgIpc) is 2.33. The zero-order chi connectivity index (χ0) is 7.84. The van der Waals surface area contributed by atoms with Gasteiger partial charge in [-0.2, -0.15) is 5.10 Å². The average molecular weight is 152 g/mol. The molecule has 0 bridgehead atoms. The Morgan fingerprint density at radius 1 is 1.73 bits per heavy atom. The van der Waals surface area contributed by atoms with Gasteiger partial charge in [0, 0.05) is 18.5 Å². The third-order valence-corrected chi connectivity index (χ3v) is 2.02. The van der Waals surface area contributed by atoms with Crippen molar-refractivity contribution in [2.45, 2.75) is 32.9 Å². The van der Waals surface area contributed by atoms with Gasteiger partial charge in [-0.15, -0.1) is 0 Å². The Morgan fingerprint density at radius 2 is 2.55 bits per heavy atom. The number of fused-ring (bicyclic) bond motifs is 1. The highest BCUT2D eigenvalue weighted by molar-refractivity contribution is 5.23. The van der Waals surface area contributed by atoms with E-state index in [0.717, 1.165) is 24.4 Å². The molecule has 0 aliphatic carbocycles. The Hall–Kier alpha value is -0.990. The molecule has 0 spiro atoms. The molecule has 1 aliphatic rings. The summed E-state index contributed by atoms with van der Waals surface area (Å²) in [5.41, 5.74) is 1.14. The highest BCUT2D eigenvalue weighted by Gasteiger charge is 2.17. The lowest BCUT2D eigenvalue weighted by atomic mass is 10.2. The number of aryl methyl sites for hydroxylation is 2. The Balaban J connectivity index is 2.37. The van der Waals surface area contributed by atoms with Crippen LogP contribution in [0.5, 0.6) is 5.88 Å². The number of ether oxygens (including phenoxy) is 1. The maximum atomic E-state index is 5.60. The number of hydrogen-bond donors (Lipinski definition) is 0. The molecule has 0 saturated carbocycles. The largest absolute Gasteiger partial charge is 0.475 e. The van der Waals surface area contributed by atoms with Crippen molar-refractivity contribution in [2.75, 3.05) is 0 Å². The van der Waals surface area contributed by atoms with Gasteiger partial charge >= 0.3 is 0 Å². The van der Waals surface area contributed by atoms with E-state index < -0.39 is 0 Å². The monoisotopic (exact) mass is 152 g/mol. The summed E-state index contributed by atoms with van der Waals surface area (Å²) in [4.78, 5) is 0. The van der Waals surface area contributed by atoms with Gasteiger partial charge < -0.3 is 4.74 Å². The second kappa shape index (κ2) is 2.26. The van der Waals surface area contributed by atoms with Crippen LogP contribution in [0, 0.1) is 6.92 Å². The summed E-state index contributed by atoms with van der Waals surface area (Å²) in [6.07, 6.45) is 3.26. The molecule has 0 N–H and O–H groups in total. The molecular weight excluding hydrogens is 140 g/mol. The molecule has 0 radical (unpaired) electrons. The zero-order valence-corrected chi connectivity index (χ0v) is 6.87. The minimum absolute atomic E-state index is 0.345. The molecule has 0 amide bonds. The second-order valence-corrected chi connectivity index (χ2v) is 3.07. The molecule has 1 unspecified atom stereocenters. The summed E-state index contributed by atoms with van der Waals surface area (Å²) in [5.74, 6) is 0.948. The van der Waals surface area contributed by atoms with Crippen LogP contribution >= 0.6 is 0 Å². The molecule has 0 aromatic carbocycles. The fourth-order valence-corrected chi connectivity index (χ4v) is 1.33. The summed E-state index contributed by atoms with van der Waals surface area (Å²) in [6, 6.07) is 0. The first-order valence-electron chi connectivity index (χ1n) is 3.96. The summed E-state index contributed by atoms with van der Waals surface area (Å²) < 4.78 is 7.53. The van der Waals surface area contributed by atoms with Gasteiger partial charge in [0.1, 0.15) is 0 Å². The molecule has 0 fully saturated rings. The van der Waals surface area contributed by atoms with Gasteiger partial charge in [0.25, 0.3) is 0 Å². The Bertz CT molecular complexity index is 267. The number of rotatable bonds is 0. The lowest BCUT2D eigenvalue weighted by Crippen LogP contribution is -2.23. The van der Waals surface area contributed by atoms with Crippen molar-refractivity contribution in [3.05, 3.63) is 11.8 Å². The number of nitrogens with zero attached hydrogens (tertiary/aromatic N) is 2. The van der Waals surface area contributed by atoms with Crippen molar-refractivity contribution in [3.8, 4) is 5.88 Å². The van der Waals surface area contributed by atoms with Crippen LogP contribution < -0.4 is 4.74 Å². The van der Waals surface area contributed by atoms with Crippen molar-refractivity contribution in [1.82, 2.24) is 9.78 Å². The molecule has 11 heavy (non-hydrogen) atoms. The predicted octanol–water partition coefficient (Wildman–Crippen LogP) is 1.36. The first kappa shape index (κ1) is 6.70. The van der Waals surface area contributed by atoms with Crippen molar-refractivity contribution in [1.29, 1.82) is 0 Å². The summed E-state index contributed by atoms with van der Waals surface area (Å²) >= 11 is 0. The third-order valence-electron chi connectivity index (χ3n) is 2.02. The normalized spacial score (nSPS) is 22.5. The predicted molar refractivity (Wildman–Crippen MR) is 41.7 cm³/mol. The summed E-state index contributed by atoms with van der Waals surface area (Å²) in [6.45, 7) is 5.11. The van der Waals surface area contributed by atoms with Crippen LogP contribution in [0.25, 0.3) is 0 Å². The Labute approximate surface area is 66.0 Å². The maximum absolute atomic E-state index is 5.60. The molecule has 1 atom stereocenters. The molecule has 1 aromatic heterocycles. The van der Waals surface area contributed by atoms with E-state index in [1.807, 2.05) is 17.8 Å². The van der Waals surface area contributed by atoms with Crippen LogP contribution in [0.1, 0.15) is 18.9 Å². The van der Waals surface area contributed by atoms with Crippen LogP contribution in [-0.2, 0) is 6.54 Å². The zero-order valence-electron chi connectivity index (χ0n) is 6.87. The van der Waals surface area contributed by atoms with Crippen LogP contribution in [0.15, 0.2) is 6.20 Å². The second-order valence-electron chi connectivity index (χ2n) is 3.07. The molecule has 0 saturated heterocycles. The molecule has 3 nitrogen and oxygen atoms in total. The van der Waals surface area contributed by atoms with E-state index in [4.69, 9.17) is 4.74 Å². The Kier molecular flexibility index (Phi) is 1.37. The summed E-state index contributed by atoms with van der Waals surface area (Å²) in [7, 11) is 0. The standard InChI is InChI=1S/C8H12N2O/c1-6-5-9-10-4-3-7(2)11-8(6)10/h5,7H,3-4H2,1-2H3. The van der Waals surface area contributed by atoms with E-state index in [9.17, 15) is 0 Å². The highest BCUT2D eigenvalue weighted by Crippen LogP contribution is 2.23. The molecule has 2 rings (SSSR count). The molecule has 3 heteroatoms. The van der Waals surface area contributed by atoms with Gasteiger partial charge in [-0.1, -0.05) is 0 Å². The van der Waals surface area contributed by atoms with Crippen LogP contribution in [0.3, 0.4) is 0 Å². The van der Waals surface area contributed by atoms with E-state index in [-0.39, 0.29) is 0 Å². The van der Waals surface area contributed by atoms with Gasteiger partial charge in [0.2, 0.25) is 5.88 Å². The van der Waals surface area contributed by atoms with E-state index >= 15 is 0 Å². The number of hydrogen-bond acceptors (Lipinski definition) is 2. The smallest absolute Gasteiger partial charge is 0.214 e. The molecular formula is C8H12N2O. The van der Waals surface area contributed by atoms with E-state index in [0.29, 0.717) is 6.10 Å². The number of aromatic nitrogens is 2. The SMILES string of the molecule is Cc1cnn2c1OC(C)CC2. The van der Waals surface area contributed by atoms with E-state index in [1.54, 1.807) is 0 Å². The first-order chi connectivity index (χ1) is 5.27. The quantitative estimate of drug-likeness (QED) is 0.561. The highest BCUT2D eigenvalue weighted by atomic mass is 16.5. The van der Waals surface area contributed by atoms with Crippen LogP contribution in [-0.4, -0.2) is 15.9 Å². The minimum Gasteiger partial charge on any atom is -0.475 e. The van der Waals surface area contributed by atoms with Gasteiger partial charge in [0.05, 0.1) is 12.3 Å². The molecule has 60 valence electrons. The fraction of sp³-hybridized carbons (Fsp3) is 0.625. The van der Waals surface area contributed by atoms with Crippen molar-refractivity contribution in [2.24, 2.45) is 0 Å². The molecule has 1 aromatic rings. The van der Waals surface area contributed by atoms with Crippen molar-refractivity contribution in [3.63, 3.8) is 0 Å². The third kappa shape index (κ3) is 1.00. The van der Waals surface area contributed by atoms with Gasteiger partial charge in [-0.05, 0) is 13.8 Å². The van der Waals surface area contributed by atoms with E-state index in [1.165, 1.54) is 0 Å².